The van der Waals surface area contributed by atoms with Crippen molar-refractivity contribution >= 4 is 11.6 Å². The normalized spacial score (nSPS) is 10.8. The first-order chi connectivity index (χ1) is 7.16. The first-order valence-corrected chi connectivity index (χ1v) is 4.41. The minimum atomic E-state index is -0.519. The van der Waals surface area contributed by atoms with Crippen LogP contribution in [0.3, 0.4) is 0 Å². The summed E-state index contributed by atoms with van der Waals surface area (Å²) >= 11 is 0. The number of imidazole rings is 1. The van der Waals surface area contributed by atoms with E-state index in [0.717, 1.165) is 0 Å². The molecule has 0 bridgehead atoms. The van der Waals surface area contributed by atoms with Gasteiger partial charge in [-0.05, 0) is 9.91 Å². The molecule has 0 saturated heterocycles. The van der Waals surface area contributed by atoms with Gasteiger partial charge in [0.25, 0.3) is 0 Å². The second kappa shape index (κ2) is 5.11. The molecule has 1 heterocycles. The maximum Gasteiger partial charge on any atom is 0.406 e. The Kier molecular flexibility index (Phi) is 3.81. The summed E-state index contributed by atoms with van der Waals surface area (Å²) in [7, 11) is 1.69. The first-order valence-electron chi connectivity index (χ1n) is 4.41. The molecular formula is C8H13N5O2. The standard InChI is InChI=1S/C8H13N5O2/c1-12-6-11-8(13(14)15)7(12)10-5-3-2-4-9/h2-3,6,10H,4-5,9H2,1H3/b3-2+. The number of anilines is 1. The van der Waals surface area contributed by atoms with Gasteiger partial charge in [0.1, 0.15) is 0 Å². The second-order valence-corrected chi connectivity index (χ2v) is 2.87. The molecule has 0 unspecified atom stereocenters. The monoisotopic (exact) mass is 211 g/mol. The molecule has 82 valence electrons. The van der Waals surface area contributed by atoms with Crippen LogP contribution in [0.1, 0.15) is 0 Å². The van der Waals surface area contributed by atoms with Crippen molar-refractivity contribution in [3.8, 4) is 0 Å². The lowest BCUT2D eigenvalue weighted by Gasteiger charge is -2.02. The van der Waals surface area contributed by atoms with Crippen molar-refractivity contribution in [2.24, 2.45) is 12.8 Å². The van der Waals surface area contributed by atoms with E-state index in [4.69, 9.17) is 5.73 Å². The van der Waals surface area contributed by atoms with Crippen molar-refractivity contribution in [2.75, 3.05) is 18.4 Å². The molecule has 0 radical (unpaired) electrons. The van der Waals surface area contributed by atoms with Crippen molar-refractivity contribution in [3.63, 3.8) is 0 Å². The molecule has 0 aliphatic heterocycles. The highest BCUT2D eigenvalue weighted by Gasteiger charge is 2.18. The second-order valence-electron chi connectivity index (χ2n) is 2.87. The Morgan fingerprint density at radius 1 is 1.73 bits per heavy atom. The Bertz CT molecular complexity index is 371. The fraction of sp³-hybridized carbons (Fsp3) is 0.375. The molecule has 0 aliphatic rings. The molecule has 1 aromatic heterocycles. The Hall–Kier alpha value is -1.89. The molecule has 1 rings (SSSR count). The predicted molar refractivity (Wildman–Crippen MR) is 56.5 cm³/mol. The van der Waals surface area contributed by atoms with E-state index in [2.05, 4.69) is 10.3 Å². The van der Waals surface area contributed by atoms with Crippen LogP contribution in [0.4, 0.5) is 11.6 Å². The predicted octanol–water partition coefficient (Wildman–Crippen LogP) is 0.255. The Labute approximate surface area is 86.7 Å². The van der Waals surface area contributed by atoms with Gasteiger partial charge in [0.05, 0.1) is 0 Å². The molecule has 0 aliphatic carbocycles. The molecule has 0 amide bonds. The van der Waals surface area contributed by atoms with Crippen LogP contribution in [-0.2, 0) is 7.05 Å². The number of hydrogen-bond acceptors (Lipinski definition) is 5. The molecule has 7 nitrogen and oxygen atoms in total. The zero-order valence-electron chi connectivity index (χ0n) is 8.38. The van der Waals surface area contributed by atoms with Crippen LogP contribution in [0.25, 0.3) is 0 Å². The Morgan fingerprint density at radius 3 is 3.07 bits per heavy atom. The maximum absolute atomic E-state index is 10.6. The number of rotatable bonds is 5. The summed E-state index contributed by atoms with van der Waals surface area (Å²) in [4.78, 5) is 13.7. The van der Waals surface area contributed by atoms with Gasteiger partial charge in [0, 0.05) is 20.1 Å². The highest BCUT2D eigenvalue weighted by atomic mass is 16.6. The van der Waals surface area contributed by atoms with Crippen LogP contribution in [-0.4, -0.2) is 27.6 Å². The van der Waals surface area contributed by atoms with Gasteiger partial charge >= 0.3 is 5.82 Å². The van der Waals surface area contributed by atoms with Gasteiger partial charge in [0.2, 0.25) is 12.1 Å². The molecule has 3 N–H and O–H groups in total. The van der Waals surface area contributed by atoms with E-state index in [-0.39, 0.29) is 5.82 Å². The molecule has 0 aromatic carbocycles. The average molecular weight is 211 g/mol. The lowest BCUT2D eigenvalue weighted by Crippen LogP contribution is -2.06. The Morgan fingerprint density at radius 2 is 2.47 bits per heavy atom. The van der Waals surface area contributed by atoms with Crippen molar-refractivity contribution in [1.29, 1.82) is 0 Å². The van der Waals surface area contributed by atoms with E-state index < -0.39 is 4.92 Å². The minimum absolute atomic E-state index is 0.168. The number of aryl methyl sites for hydroxylation is 1. The summed E-state index contributed by atoms with van der Waals surface area (Å²) in [6.45, 7) is 0.937. The highest BCUT2D eigenvalue weighted by molar-refractivity contribution is 5.52. The number of nitrogens with zero attached hydrogens (tertiary/aromatic N) is 3. The van der Waals surface area contributed by atoms with Gasteiger partial charge in [-0.15, -0.1) is 0 Å². The maximum atomic E-state index is 10.6. The summed E-state index contributed by atoms with van der Waals surface area (Å²) < 4.78 is 1.56. The van der Waals surface area contributed by atoms with Crippen molar-refractivity contribution in [2.45, 2.75) is 0 Å². The molecule has 0 saturated carbocycles. The fourth-order valence-electron chi connectivity index (χ4n) is 1.09. The number of nitrogens with one attached hydrogen (secondary N) is 1. The van der Waals surface area contributed by atoms with E-state index in [1.54, 1.807) is 23.8 Å². The van der Waals surface area contributed by atoms with E-state index in [0.29, 0.717) is 18.9 Å². The summed E-state index contributed by atoms with van der Waals surface area (Å²) in [5.41, 5.74) is 5.26. The third-order valence-electron chi connectivity index (χ3n) is 1.78. The van der Waals surface area contributed by atoms with Gasteiger partial charge in [-0.2, -0.15) is 0 Å². The third-order valence-corrected chi connectivity index (χ3v) is 1.78. The fourth-order valence-corrected chi connectivity index (χ4v) is 1.09. The minimum Gasteiger partial charge on any atom is -0.361 e. The van der Waals surface area contributed by atoms with Gasteiger partial charge < -0.3 is 21.2 Å². The zero-order valence-corrected chi connectivity index (χ0v) is 8.38. The zero-order chi connectivity index (χ0) is 11.3. The average Bonchev–Trinajstić information content (AvgIpc) is 2.55. The van der Waals surface area contributed by atoms with E-state index >= 15 is 0 Å². The van der Waals surface area contributed by atoms with Crippen LogP contribution in [0.2, 0.25) is 0 Å². The molecule has 1 aromatic rings. The van der Waals surface area contributed by atoms with E-state index in [1.807, 2.05) is 0 Å². The van der Waals surface area contributed by atoms with Crippen LogP contribution < -0.4 is 11.1 Å². The first kappa shape index (κ1) is 11.2. The van der Waals surface area contributed by atoms with Crippen molar-refractivity contribution in [1.82, 2.24) is 9.55 Å². The van der Waals surface area contributed by atoms with Crippen LogP contribution in [0.5, 0.6) is 0 Å². The molecular weight excluding hydrogens is 198 g/mol. The lowest BCUT2D eigenvalue weighted by molar-refractivity contribution is -0.388. The summed E-state index contributed by atoms with van der Waals surface area (Å²) in [5.74, 6) is 0.223. The summed E-state index contributed by atoms with van der Waals surface area (Å²) in [6, 6.07) is 0. The SMILES string of the molecule is Cn1cnc([N+](=O)[O-])c1NC/C=C/CN. The van der Waals surface area contributed by atoms with Crippen LogP contribution in [0, 0.1) is 10.1 Å². The van der Waals surface area contributed by atoms with Crippen LogP contribution in [0.15, 0.2) is 18.5 Å². The Balaban J connectivity index is 2.70. The summed E-state index contributed by atoms with van der Waals surface area (Å²) in [6.07, 6.45) is 4.97. The largest absolute Gasteiger partial charge is 0.406 e. The van der Waals surface area contributed by atoms with Gasteiger partial charge in [-0.25, -0.2) is 0 Å². The van der Waals surface area contributed by atoms with Gasteiger partial charge in [0.15, 0.2) is 0 Å². The number of nitro groups is 1. The highest BCUT2D eigenvalue weighted by Crippen LogP contribution is 2.20. The molecule has 15 heavy (non-hydrogen) atoms. The van der Waals surface area contributed by atoms with Crippen LogP contribution >= 0.6 is 0 Å². The number of nitrogens with two attached hydrogens (primary N) is 1. The summed E-state index contributed by atoms with van der Waals surface area (Å²) in [5, 5.41) is 13.5. The van der Waals surface area contributed by atoms with Crippen molar-refractivity contribution in [3.05, 3.63) is 28.6 Å². The van der Waals surface area contributed by atoms with Gasteiger partial charge in [-0.3, -0.25) is 4.57 Å². The quantitative estimate of drug-likeness (QED) is 0.413. The van der Waals surface area contributed by atoms with Crippen molar-refractivity contribution < 1.29 is 4.92 Å². The number of aromatic nitrogens is 2. The lowest BCUT2D eigenvalue weighted by atomic mass is 10.5. The molecule has 0 atom stereocenters. The molecule has 0 spiro atoms. The topological polar surface area (TPSA) is 99.0 Å². The van der Waals surface area contributed by atoms with Gasteiger partial charge in [-0.1, -0.05) is 12.2 Å². The van der Waals surface area contributed by atoms with E-state index in [1.165, 1.54) is 6.33 Å². The molecule has 7 heteroatoms. The van der Waals surface area contributed by atoms with E-state index in [9.17, 15) is 10.1 Å². The number of hydrogen-bond donors (Lipinski definition) is 2. The molecule has 0 fully saturated rings. The smallest absolute Gasteiger partial charge is 0.361 e. The third kappa shape index (κ3) is 2.78.